The Morgan fingerprint density at radius 1 is 1.19 bits per heavy atom. The number of morpholine rings is 1. The number of carbonyl (C=O) groups is 1. The van der Waals surface area contributed by atoms with E-state index in [1.165, 1.54) is 31.9 Å². The first-order chi connectivity index (χ1) is 10.3. The Labute approximate surface area is 131 Å². The van der Waals surface area contributed by atoms with Crippen molar-refractivity contribution in [2.24, 2.45) is 0 Å². The first-order valence-corrected chi connectivity index (χ1v) is 8.38. The Hall–Kier alpha value is -0.710. The van der Waals surface area contributed by atoms with Gasteiger partial charge in [-0.1, -0.05) is 26.8 Å². The van der Waals surface area contributed by atoms with Crippen molar-refractivity contribution in [3.63, 3.8) is 0 Å². The molecule has 2 saturated heterocycles. The number of rotatable bonds is 4. The van der Waals surface area contributed by atoms with Crippen molar-refractivity contribution in [3.05, 3.63) is 12.2 Å². The summed E-state index contributed by atoms with van der Waals surface area (Å²) in [6, 6.07) is 0.898. The zero-order chi connectivity index (χ0) is 15.9. The number of allylic oxidation sites excluding steroid dienone is 1. The van der Waals surface area contributed by atoms with Gasteiger partial charge in [-0.25, -0.2) is 0 Å². The van der Waals surface area contributed by atoms with E-state index in [9.17, 15) is 4.79 Å². The topological polar surface area (TPSA) is 32.8 Å². The third-order valence-corrected chi connectivity index (χ3v) is 3.82. The van der Waals surface area contributed by atoms with Crippen LogP contribution in [0.4, 0.5) is 0 Å². The summed E-state index contributed by atoms with van der Waals surface area (Å²) in [5, 5.41) is 0. The quantitative estimate of drug-likeness (QED) is 0.590. The van der Waals surface area contributed by atoms with Gasteiger partial charge >= 0.3 is 0 Å². The van der Waals surface area contributed by atoms with Gasteiger partial charge in [-0.2, -0.15) is 0 Å². The zero-order valence-corrected chi connectivity index (χ0v) is 14.4. The summed E-state index contributed by atoms with van der Waals surface area (Å²) in [4.78, 5) is 14.6. The molecule has 124 valence electrons. The van der Waals surface area contributed by atoms with Crippen molar-refractivity contribution in [1.29, 1.82) is 0 Å². The Morgan fingerprint density at radius 2 is 1.86 bits per heavy atom. The summed E-state index contributed by atoms with van der Waals surface area (Å²) in [5.41, 5.74) is 0. The van der Waals surface area contributed by atoms with Crippen molar-refractivity contribution in [2.75, 3.05) is 46.4 Å². The molecule has 0 aromatic rings. The highest BCUT2D eigenvalue weighted by molar-refractivity contribution is 5.64. The van der Waals surface area contributed by atoms with Gasteiger partial charge in [0.2, 0.25) is 0 Å². The molecule has 21 heavy (non-hydrogen) atoms. The van der Waals surface area contributed by atoms with Crippen molar-refractivity contribution < 1.29 is 9.53 Å². The van der Waals surface area contributed by atoms with E-state index in [0.717, 1.165) is 45.2 Å². The zero-order valence-electron chi connectivity index (χ0n) is 14.4. The monoisotopic (exact) mass is 298 g/mol. The fourth-order valence-corrected chi connectivity index (χ4v) is 2.54. The fourth-order valence-electron chi connectivity index (χ4n) is 2.54. The van der Waals surface area contributed by atoms with Crippen molar-refractivity contribution >= 4 is 6.29 Å². The van der Waals surface area contributed by atoms with E-state index in [-0.39, 0.29) is 0 Å². The lowest BCUT2D eigenvalue weighted by atomic mass is 10.2. The second kappa shape index (κ2) is 14.2. The molecule has 2 rings (SSSR count). The number of likely N-dealkylation sites (tertiary alicyclic amines) is 1. The summed E-state index contributed by atoms with van der Waals surface area (Å²) >= 11 is 0. The molecule has 0 spiro atoms. The third-order valence-electron chi connectivity index (χ3n) is 3.82. The number of ether oxygens (including phenoxy) is 1. The summed E-state index contributed by atoms with van der Waals surface area (Å²) in [5.74, 6) is 0. The molecule has 2 heterocycles. The van der Waals surface area contributed by atoms with E-state index in [1.807, 2.05) is 19.9 Å². The van der Waals surface area contributed by atoms with Crippen LogP contribution < -0.4 is 0 Å². The smallest absolute Gasteiger partial charge is 0.142 e. The molecule has 0 aromatic carbocycles. The Morgan fingerprint density at radius 3 is 2.29 bits per heavy atom. The van der Waals surface area contributed by atoms with Gasteiger partial charge in [0, 0.05) is 25.7 Å². The molecule has 0 aliphatic carbocycles. The predicted octanol–water partition coefficient (Wildman–Crippen LogP) is 2.59. The molecule has 0 saturated carbocycles. The van der Waals surface area contributed by atoms with Crippen LogP contribution in [0, 0.1) is 0 Å². The third kappa shape index (κ3) is 9.77. The highest BCUT2D eigenvalue weighted by Crippen LogP contribution is 2.16. The largest absolute Gasteiger partial charge is 0.379 e. The number of carbonyl (C=O) groups excluding carboxylic acids is 1. The minimum Gasteiger partial charge on any atom is -0.379 e. The molecule has 2 aliphatic rings. The second-order valence-corrected chi connectivity index (χ2v) is 5.16. The van der Waals surface area contributed by atoms with E-state index in [1.54, 1.807) is 0 Å². The lowest BCUT2D eigenvalue weighted by molar-refractivity contribution is -0.104. The minimum atomic E-state index is 0.806. The maximum atomic E-state index is 9.92. The Bertz CT molecular complexity index is 264. The number of hydrogen-bond donors (Lipinski definition) is 0. The van der Waals surface area contributed by atoms with Gasteiger partial charge in [-0.3, -0.25) is 9.69 Å². The molecule has 0 aromatic heterocycles. The highest BCUT2D eigenvalue weighted by atomic mass is 16.5. The summed E-state index contributed by atoms with van der Waals surface area (Å²) in [6.45, 7) is 12.0. The van der Waals surface area contributed by atoms with Gasteiger partial charge in [0.05, 0.1) is 13.2 Å². The molecule has 0 amide bonds. The standard InChI is InChI=1S/C8H13NO2.C7H15N.C2H6/c10-6-2-1-3-9-4-7-11-8-5-9;1-3-7-5-4-6-8(7)2;1-2/h1-2,6H,3-5,7-8H2;7H,3-6H2,1-2H3;1-2H3/b2-1+;;. The Balaban J connectivity index is 0.000000354. The van der Waals surface area contributed by atoms with Crippen LogP contribution in [0.15, 0.2) is 12.2 Å². The number of hydrogen-bond acceptors (Lipinski definition) is 4. The van der Waals surface area contributed by atoms with Crippen LogP contribution in [0.25, 0.3) is 0 Å². The second-order valence-electron chi connectivity index (χ2n) is 5.16. The summed E-state index contributed by atoms with van der Waals surface area (Å²) in [6.07, 6.45) is 8.38. The maximum Gasteiger partial charge on any atom is 0.142 e. The van der Waals surface area contributed by atoms with Crippen LogP contribution >= 0.6 is 0 Å². The van der Waals surface area contributed by atoms with Crippen LogP contribution in [0.3, 0.4) is 0 Å². The van der Waals surface area contributed by atoms with E-state index in [2.05, 4.69) is 23.8 Å². The van der Waals surface area contributed by atoms with Gasteiger partial charge < -0.3 is 9.64 Å². The average Bonchev–Trinajstić information content (AvgIpc) is 2.96. The highest BCUT2D eigenvalue weighted by Gasteiger charge is 2.17. The van der Waals surface area contributed by atoms with Crippen LogP contribution in [-0.2, 0) is 9.53 Å². The molecule has 1 unspecified atom stereocenters. The molecule has 2 aliphatic heterocycles. The number of nitrogens with zero attached hydrogens (tertiary/aromatic N) is 2. The van der Waals surface area contributed by atoms with Crippen LogP contribution in [0.1, 0.15) is 40.0 Å². The maximum absolute atomic E-state index is 9.92. The number of aldehydes is 1. The van der Waals surface area contributed by atoms with Crippen molar-refractivity contribution in [1.82, 2.24) is 9.80 Å². The fraction of sp³-hybridized carbons (Fsp3) is 0.824. The first kappa shape index (κ1) is 20.3. The Kier molecular flexibility index (Phi) is 13.8. The van der Waals surface area contributed by atoms with Gasteiger partial charge in [0.1, 0.15) is 6.29 Å². The minimum absolute atomic E-state index is 0.806. The molecule has 0 bridgehead atoms. The van der Waals surface area contributed by atoms with Crippen molar-refractivity contribution in [2.45, 2.75) is 46.1 Å². The normalized spacial score (nSPS) is 23.1. The lowest BCUT2D eigenvalue weighted by Crippen LogP contribution is -2.36. The van der Waals surface area contributed by atoms with Crippen molar-refractivity contribution in [3.8, 4) is 0 Å². The average molecular weight is 298 g/mol. The molecule has 0 radical (unpaired) electrons. The molecule has 2 fully saturated rings. The molecule has 4 heteroatoms. The van der Waals surface area contributed by atoms with Gasteiger partial charge in [0.15, 0.2) is 0 Å². The van der Waals surface area contributed by atoms with Gasteiger partial charge in [0.25, 0.3) is 0 Å². The summed E-state index contributed by atoms with van der Waals surface area (Å²) in [7, 11) is 2.22. The van der Waals surface area contributed by atoms with E-state index < -0.39 is 0 Å². The molecule has 0 N–H and O–H groups in total. The molecular weight excluding hydrogens is 264 g/mol. The molecule has 1 atom stereocenters. The van der Waals surface area contributed by atoms with Gasteiger partial charge in [-0.05, 0) is 38.9 Å². The van der Waals surface area contributed by atoms with Crippen LogP contribution in [0.2, 0.25) is 0 Å². The van der Waals surface area contributed by atoms with E-state index >= 15 is 0 Å². The first-order valence-electron chi connectivity index (χ1n) is 8.38. The lowest BCUT2D eigenvalue weighted by Gasteiger charge is -2.24. The molecule has 4 nitrogen and oxygen atoms in total. The SMILES string of the molecule is CC.CCC1CCCN1C.O=C/C=C/CN1CCOCC1. The van der Waals surface area contributed by atoms with Gasteiger partial charge in [-0.15, -0.1) is 0 Å². The van der Waals surface area contributed by atoms with Crippen LogP contribution in [0.5, 0.6) is 0 Å². The van der Waals surface area contributed by atoms with E-state index in [4.69, 9.17) is 4.74 Å². The van der Waals surface area contributed by atoms with E-state index in [0.29, 0.717) is 0 Å². The summed E-state index contributed by atoms with van der Waals surface area (Å²) < 4.78 is 5.17. The van der Waals surface area contributed by atoms with Crippen LogP contribution in [-0.4, -0.2) is 68.6 Å². The molecular formula is C17H34N2O2. The predicted molar refractivity (Wildman–Crippen MR) is 89.8 cm³/mol.